The van der Waals surface area contributed by atoms with E-state index in [1.807, 2.05) is 0 Å². The van der Waals surface area contributed by atoms with Crippen LogP contribution in [-0.4, -0.2) is 32.2 Å². The summed E-state index contributed by atoms with van der Waals surface area (Å²) in [5.41, 5.74) is 1.81. The molecule has 0 saturated carbocycles. The Balaban J connectivity index is 2.35. The first kappa shape index (κ1) is 18.9. The van der Waals surface area contributed by atoms with Crippen molar-refractivity contribution in [1.29, 1.82) is 0 Å². The third-order valence-corrected chi connectivity index (χ3v) is 5.67. The van der Waals surface area contributed by atoms with Crippen molar-refractivity contribution in [2.24, 2.45) is 11.3 Å². The first-order valence-electron chi connectivity index (χ1n) is 8.38. The van der Waals surface area contributed by atoms with Crippen molar-refractivity contribution in [2.75, 3.05) is 25.6 Å². The molecular formula is C18H27NO4S. The highest BCUT2D eigenvalue weighted by Crippen LogP contribution is 2.44. The van der Waals surface area contributed by atoms with Gasteiger partial charge in [0.2, 0.25) is 0 Å². The van der Waals surface area contributed by atoms with E-state index in [-0.39, 0.29) is 23.9 Å². The molecule has 0 bridgehead atoms. The number of hydrogen-bond acceptors (Lipinski definition) is 5. The number of esters is 1. The highest BCUT2D eigenvalue weighted by Gasteiger charge is 2.34. The van der Waals surface area contributed by atoms with E-state index < -0.39 is 0 Å². The SMILES string of the molecule is CCOC(=O)c1c(NC(=O)COC)sc2c1CCC(C(C)(C)C)C2. The zero-order valence-electron chi connectivity index (χ0n) is 15.2. The fraction of sp³-hybridized carbons (Fsp3) is 0.667. The lowest BCUT2D eigenvalue weighted by Gasteiger charge is -2.33. The van der Waals surface area contributed by atoms with Gasteiger partial charge in [-0.25, -0.2) is 4.79 Å². The number of fused-ring (bicyclic) bond motifs is 1. The van der Waals surface area contributed by atoms with Gasteiger partial charge in [-0.2, -0.15) is 0 Å². The van der Waals surface area contributed by atoms with Gasteiger partial charge in [-0.15, -0.1) is 11.3 Å². The summed E-state index contributed by atoms with van der Waals surface area (Å²) in [5.74, 6) is -0.0350. The number of carbonyl (C=O) groups is 2. The summed E-state index contributed by atoms with van der Waals surface area (Å²) in [6, 6.07) is 0. The topological polar surface area (TPSA) is 64.6 Å². The number of thiophene rings is 1. The van der Waals surface area contributed by atoms with Crippen LogP contribution in [0.4, 0.5) is 5.00 Å². The lowest BCUT2D eigenvalue weighted by Crippen LogP contribution is -2.26. The molecule has 0 fully saturated rings. The van der Waals surface area contributed by atoms with E-state index in [2.05, 4.69) is 26.1 Å². The van der Waals surface area contributed by atoms with Crippen LogP contribution in [0, 0.1) is 11.3 Å². The predicted octanol–water partition coefficient (Wildman–Crippen LogP) is 3.66. The van der Waals surface area contributed by atoms with Crippen molar-refractivity contribution < 1.29 is 19.1 Å². The summed E-state index contributed by atoms with van der Waals surface area (Å²) in [7, 11) is 1.47. The van der Waals surface area contributed by atoms with E-state index in [9.17, 15) is 9.59 Å². The maximum atomic E-state index is 12.4. The lowest BCUT2D eigenvalue weighted by atomic mass is 9.72. The van der Waals surface area contributed by atoms with Gasteiger partial charge in [0.25, 0.3) is 5.91 Å². The summed E-state index contributed by atoms with van der Waals surface area (Å²) in [6.45, 7) is 8.84. The van der Waals surface area contributed by atoms with Gasteiger partial charge in [-0.3, -0.25) is 4.79 Å². The second-order valence-corrected chi connectivity index (χ2v) is 8.32. The van der Waals surface area contributed by atoms with Crippen LogP contribution in [0.3, 0.4) is 0 Å². The second-order valence-electron chi connectivity index (χ2n) is 7.22. The Labute approximate surface area is 147 Å². The number of ether oxygens (including phenoxy) is 2. The summed E-state index contributed by atoms with van der Waals surface area (Å²) in [4.78, 5) is 25.5. The molecule has 5 nitrogen and oxygen atoms in total. The summed E-state index contributed by atoms with van der Waals surface area (Å²) < 4.78 is 10.1. The Kier molecular flexibility index (Phi) is 6.04. The molecule has 0 aromatic carbocycles. The van der Waals surface area contributed by atoms with Crippen molar-refractivity contribution in [1.82, 2.24) is 0 Å². The molecule has 1 unspecified atom stereocenters. The Hall–Kier alpha value is -1.40. The number of carbonyl (C=O) groups excluding carboxylic acids is 2. The van der Waals surface area contributed by atoms with Crippen molar-refractivity contribution >= 4 is 28.2 Å². The molecule has 1 heterocycles. The van der Waals surface area contributed by atoms with Gasteiger partial charge in [0.1, 0.15) is 11.6 Å². The standard InChI is InChI=1S/C18H27NO4S/c1-6-23-17(21)15-12-8-7-11(18(2,3)4)9-13(12)24-16(15)19-14(20)10-22-5/h11H,6-10H2,1-5H3,(H,19,20). The van der Waals surface area contributed by atoms with Gasteiger partial charge in [0.05, 0.1) is 12.2 Å². The van der Waals surface area contributed by atoms with Gasteiger partial charge in [0, 0.05) is 12.0 Å². The third-order valence-electron chi connectivity index (χ3n) is 4.50. The van der Waals surface area contributed by atoms with Crippen LogP contribution in [0.5, 0.6) is 0 Å². The van der Waals surface area contributed by atoms with Gasteiger partial charge in [-0.05, 0) is 43.1 Å². The van der Waals surface area contributed by atoms with Crippen molar-refractivity contribution in [2.45, 2.75) is 47.0 Å². The van der Waals surface area contributed by atoms with Gasteiger partial charge in [-0.1, -0.05) is 20.8 Å². The number of methoxy groups -OCH3 is 1. The van der Waals surface area contributed by atoms with E-state index in [4.69, 9.17) is 9.47 Å². The molecule has 1 aromatic heterocycles. The smallest absolute Gasteiger partial charge is 0.341 e. The average molecular weight is 353 g/mol. The molecule has 1 aliphatic rings. The summed E-state index contributed by atoms with van der Waals surface area (Å²) in [6.07, 6.45) is 2.84. The zero-order valence-corrected chi connectivity index (χ0v) is 16.0. The third kappa shape index (κ3) is 4.16. The van der Waals surface area contributed by atoms with E-state index in [1.165, 1.54) is 23.3 Å². The van der Waals surface area contributed by atoms with Crippen LogP contribution in [0.15, 0.2) is 0 Å². The quantitative estimate of drug-likeness (QED) is 0.821. The molecule has 0 saturated heterocycles. The maximum absolute atomic E-state index is 12.4. The lowest BCUT2D eigenvalue weighted by molar-refractivity contribution is -0.119. The minimum atomic E-state index is -0.350. The number of nitrogens with one attached hydrogen (secondary N) is 1. The van der Waals surface area contributed by atoms with Crippen molar-refractivity contribution in [3.8, 4) is 0 Å². The van der Waals surface area contributed by atoms with Gasteiger partial charge >= 0.3 is 5.97 Å². The number of anilines is 1. The Morgan fingerprint density at radius 1 is 1.33 bits per heavy atom. The van der Waals surface area contributed by atoms with Gasteiger partial charge < -0.3 is 14.8 Å². The first-order valence-corrected chi connectivity index (χ1v) is 9.20. The molecule has 1 aromatic rings. The predicted molar refractivity (Wildman–Crippen MR) is 95.8 cm³/mol. The van der Waals surface area contributed by atoms with Crippen LogP contribution >= 0.6 is 11.3 Å². The monoisotopic (exact) mass is 353 g/mol. The van der Waals surface area contributed by atoms with E-state index >= 15 is 0 Å². The van der Waals surface area contributed by atoms with E-state index in [0.717, 1.165) is 24.8 Å². The summed E-state index contributed by atoms with van der Waals surface area (Å²) in [5, 5.41) is 3.41. The Morgan fingerprint density at radius 3 is 2.62 bits per heavy atom. The van der Waals surface area contributed by atoms with Gasteiger partial charge in [0.15, 0.2) is 0 Å². The molecular weight excluding hydrogens is 326 g/mol. The second kappa shape index (κ2) is 7.66. The van der Waals surface area contributed by atoms with E-state index in [1.54, 1.807) is 6.92 Å². The molecule has 2 rings (SSSR count). The molecule has 1 amide bonds. The van der Waals surface area contributed by atoms with Crippen molar-refractivity contribution in [3.05, 3.63) is 16.0 Å². The molecule has 0 radical (unpaired) electrons. The maximum Gasteiger partial charge on any atom is 0.341 e. The Morgan fingerprint density at radius 2 is 2.04 bits per heavy atom. The molecule has 6 heteroatoms. The molecule has 1 aliphatic carbocycles. The van der Waals surface area contributed by atoms with Crippen LogP contribution in [0.1, 0.15) is 54.9 Å². The average Bonchev–Trinajstić information content (AvgIpc) is 2.83. The minimum absolute atomic E-state index is 0.0323. The fourth-order valence-electron chi connectivity index (χ4n) is 3.13. The number of rotatable bonds is 5. The Bertz CT molecular complexity index is 615. The highest BCUT2D eigenvalue weighted by molar-refractivity contribution is 7.17. The molecule has 1 N–H and O–H groups in total. The van der Waals surface area contributed by atoms with Crippen LogP contribution < -0.4 is 5.32 Å². The first-order chi connectivity index (χ1) is 11.3. The summed E-state index contributed by atoms with van der Waals surface area (Å²) >= 11 is 1.50. The van der Waals surface area contributed by atoms with E-state index in [0.29, 0.717) is 23.1 Å². The fourth-order valence-corrected chi connectivity index (χ4v) is 4.46. The molecule has 0 aliphatic heterocycles. The van der Waals surface area contributed by atoms with Crippen LogP contribution in [0.2, 0.25) is 0 Å². The minimum Gasteiger partial charge on any atom is -0.462 e. The highest BCUT2D eigenvalue weighted by atomic mass is 32.1. The van der Waals surface area contributed by atoms with Crippen LogP contribution in [-0.2, 0) is 27.1 Å². The normalized spacial score (nSPS) is 17.3. The number of hydrogen-bond donors (Lipinski definition) is 1. The molecule has 134 valence electrons. The van der Waals surface area contributed by atoms with Crippen molar-refractivity contribution in [3.63, 3.8) is 0 Å². The molecule has 24 heavy (non-hydrogen) atoms. The van der Waals surface area contributed by atoms with Crippen LogP contribution in [0.25, 0.3) is 0 Å². The zero-order chi connectivity index (χ0) is 17.9. The molecule has 0 spiro atoms. The largest absolute Gasteiger partial charge is 0.462 e. The number of amides is 1. The molecule has 1 atom stereocenters.